The highest BCUT2D eigenvalue weighted by atomic mass is 31.2. The van der Waals surface area contributed by atoms with E-state index < -0.39 is 25.6 Å². The molecule has 0 saturated heterocycles. The number of rotatable bonds is 13. The minimum atomic E-state index is -4.87. The second-order valence-corrected chi connectivity index (χ2v) is 9.55. The van der Waals surface area contributed by atoms with Crippen LogP contribution in [-0.4, -0.2) is 42.4 Å². The molecular formula is C25H30N5O7P. The Labute approximate surface area is 219 Å². The summed E-state index contributed by atoms with van der Waals surface area (Å²) in [5.41, 5.74) is 7.90. The van der Waals surface area contributed by atoms with Crippen molar-refractivity contribution in [3.05, 3.63) is 83.4 Å². The Kier molecular flexibility index (Phi) is 10.7. The number of ether oxygens (including phenoxy) is 2. The van der Waals surface area contributed by atoms with Crippen molar-refractivity contribution in [1.29, 1.82) is 0 Å². The number of nitrogens with two attached hydrogens (primary N) is 1. The van der Waals surface area contributed by atoms with Gasteiger partial charge in [-0.2, -0.15) is 4.68 Å². The van der Waals surface area contributed by atoms with Crippen molar-refractivity contribution in [3.8, 4) is 0 Å². The fourth-order valence-corrected chi connectivity index (χ4v) is 3.85. The molecule has 0 atom stereocenters. The molecule has 202 valence electrons. The highest BCUT2D eigenvalue weighted by Gasteiger charge is 2.19. The third-order valence-electron chi connectivity index (χ3n) is 5.27. The second-order valence-electron chi connectivity index (χ2n) is 8.33. The molecule has 2 aromatic carbocycles. The normalized spacial score (nSPS) is 11.8. The minimum absolute atomic E-state index is 0.000368. The van der Waals surface area contributed by atoms with Crippen LogP contribution >= 0.6 is 7.75 Å². The van der Waals surface area contributed by atoms with E-state index in [-0.39, 0.29) is 37.7 Å². The molecule has 0 amide bonds. The van der Waals surface area contributed by atoms with Gasteiger partial charge in [-0.05, 0) is 36.8 Å². The molecule has 3 rings (SSSR count). The number of nitrogens with zero attached hydrogens (tertiary/aromatic N) is 4. The van der Waals surface area contributed by atoms with E-state index in [1.54, 1.807) is 0 Å². The van der Waals surface area contributed by atoms with Crippen LogP contribution in [0.3, 0.4) is 0 Å². The lowest BCUT2D eigenvalue weighted by atomic mass is 10.1. The number of carbonyl (C=O) groups excluding carboxylic acids is 2. The fraction of sp³-hybridized carbons (Fsp3) is 0.320. The minimum Gasteiger partial charge on any atom is -0.457 e. The standard InChI is InChI=1S/C25H30N5O7P/c26-25(29-38(33,34)35)30-22(18-37-24(32)16-8-14-20-11-5-2-6-12-20)27-21(28-30)17-36-23(31)15-7-13-19-9-3-1-4-10-19/h1-6,9-12H,7-8,13-18H2,(H4,26,29,33,34,35). The van der Waals surface area contributed by atoms with Gasteiger partial charge < -0.3 is 25.0 Å². The molecule has 0 fully saturated rings. The van der Waals surface area contributed by atoms with E-state index in [0.29, 0.717) is 19.3 Å². The number of hydrogen-bond donors (Lipinski definition) is 3. The maximum atomic E-state index is 12.2. The maximum absolute atomic E-state index is 12.2. The Balaban J connectivity index is 1.55. The Bertz CT molecular complexity index is 1280. The first-order chi connectivity index (χ1) is 18.2. The van der Waals surface area contributed by atoms with Gasteiger partial charge in [0.25, 0.3) is 0 Å². The highest BCUT2D eigenvalue weighted by Crippen LogP contribution is 2.35. The van der Waals surface area contributed by atoms with Crippen LogP contribution < -0.4 is 5.73 Å². The fourth-order valence-electron chi connectivity index (χ4n) is 3.50. The van der Waals surface area contributed by atoms with Crippen LogP contribution in [0.2, 0.25) is 0 Å². The van der Waals surface area contributed by atoms with Gasteiger partial charge >= 0.3 is 19.7 Å². The summed E-state index contributed by atoms with van der Waals surface area (Å²) in [6.07, 6.45) is 2.93. The molecule has 0 aliphatic rings. The Morgan fingerprint density at radius 1 is 0.868 bits per heavy atom. The van der Waals surface area contributed by atoms with Crippen LogP contribution in [-0.2, 0) is 49.7 Å². The topological polar surface area (TPSA) is 179 Å². The van der Waals surface area contributed by atoms with Gasteiger partial charge in [-0.25, -0.2) is 9.55 Å². The summed E-state index contributed by atoms with van der Waals surface area (Å²) in [6, 6.07) is 19.4. The van der Waals surface area contributed by atoms with E-state index in [1.165, 1.54) is 0 Å². The van der Waals surface area contributed by atoms with E-state index in [2.05, 4.69) is 14.8 Å². The molecule has 13 heteroatoms. The third kappa shape index (κ3) is 10.3. The smallest absolute Gasteiger partial charge is 0.451 e. The largest absolute Gasteiger partial charge is 0.457 e. The summed E-state index contributed by atoms with van der Waals surface area (Å²) in [7, 11) is -4.87. The first kappa shape index (κ1) is 28.7. The van der Waals surface area contributed by atoms with Gasteiger partial charge in [-0.3, -0.25) is 9.59 Å². The van der Waals surface area contributed by atoms with Crippen molar-refractivity contribution in [2.45, 2.75) is 51.7 Å². The van der Waals surface area contributed by atoms with Gasteiger partial charge in [-0.1, -0.05) is 60.7 Å². The maximum Gasteiger partial charge on any atom is 0.451 e. The SMILES string of the molecule is NC(=NP(=O)(O)O)n1nc(COC(=O)CCCc2ccccc2)nc1COC(=O)CCCc1ccccc1. The zero-order chi connectivity index (χ0) is 27.4. The number of hydrogen-bond acceptors (Lipinski definition) is 7. The molecule has 0 aliphatic carbocycles. The van der Waals surface area contributed by atoms with Gasteiger partial charge in [0.15, 0.2) is 24.9 Å². The van der Waals surface area contributed by atoms with E-state index in [4.69, 9.17) is 25.0 Å². The average molecular weight is 544 g/mol. The van der Waals surface area contributed by atoms with Crippen molar-refractivity contribution < 1.29 is 33.4 Å². The van der Waals surface area contributed by atoms with E-state index in [0.717, 1.165) is 22.2 Å². The van der Waals surface area contributed by atoms with Crippen molar-refractivity contribution in [2.75, 3.05) is 0 Å². The molecule has 0 radical (unpaired) electrons. The molecule has 1 aromatic heterocycles. The number of aromatic nitrogens is 3. The second kappa shape index (κ2) is 14.2. The van der Waals surface area contributed by atoms with E-state index in [1.807, 2.05) is 60.7 Å². The lowest BCUT2D eigenvalue weighted by molar-refractivity contribution is -0.146. The molecule has 0 saturated carbocycles. The van der Waals surface area contributed by atoms with Crippen molar-refractivity contribution in [1.82, 2.24) is 14.8 Å². The third-order valence-corrected chi connectivity index (χ3v) is 5.74. The molecular weight excluding hydrogens is 513 g/mol. The van der Waals surface area contributed by atoms with Crippen LogP contribution in [0.5, 0.6) is 0 Å². The summed E-state index contributed by atoms with van der Waals surface area (Å²) < 4.78 is 25.7. The molecule has 0 spiro atoms. The average Bonchev–Trinajstić information content (AvgIpc) is 3.30. The first-order valence-electron chi connectivity index (χ1n) is 11.9. The first-order valence-corrected chi connectivity index (χ1v) is 13.5. The number of carbonyl (C=O) groups is 2. The van der Waals surface area contributed by atoms with Crippen molar-refractivity contribution in [2.24, 2.45) is 10.5 Å². The van der Waals surface area contributed by atoms with Crippen LogP contribution in [0.15, 0.2) is 65.4 Å². The molecule has 0 unspecified atom stereocenters. The van der Waals surface area contributed by atoms with Gasteiger partial charge in [0.2, 0.25) is 5.96 Å². The van der Waals surface area contributed by atoms with E-state index >= 15 is 0 Å². The molecule has 3 aromatic rings. The van der Waals surface area contributed by atoms with Crippen LogP contribution in [0.1, 0.15) is 48.5 Å². The summed E-state index contributed by atoms with van der Waals surface area (Å²) in [5, 5.41) is 4.01. The molecule has 0 aliphatic heterocycles. The quantitative estimate of drug-likeness (QED) is 0.126. The number of esters is 2. The Morgan fingerprint density at radius 3 is 1.87 bits per heavy atom. The zero-order valence-electron chi connectivity index (χ0n) is 20.7. The van der Waals surface area contributed by atoms with Crippen LogP contribution in [0.4, 0.5) is 0 Å². The molecule has 1 heterocycles. The van der Waals surface area contributed by atoms with Crippen molar-refractivity contribution in [3.63, 3.8) is 0 Å². The van der Waals surface area contributed by atoms with Gasteiger partial charge in [0.05, 0.1) is 0 Å². The summed E-state index contributed by atoms with van der Waals surface area (Å²) in [4.78, 5) is 46.7. The van der Waals surface area contributed by atoms with Gasteiger partial charge in [0, 0.05) is 12.8 Å². The molecule has 0 bridgehead atoms. The monoisotopic (exact) mass is 543 g/mol. The predicted octanol–water partition coefficient (Wildman–Crippen LogP) is 2.67. The Morgan fingerprint density at radius 2 is 1.37 bits per heavy atom. The van der Waals surface area contributed by atoms with Crippen LogP contribution in [0, 0.1) is 0 Å². The molecule has 38 heavy (non-hydrogen) atoms. The Hall–Kier alpha value is -3.86. The van der Waals surface area contributed by atoms with Crippen LogP contribution in [0.25, 0.3) is 0 Å². The highest BCUT2D eigenvalue weighted by molar-refractivity contribution is 7.50. The number of benzene rings is 2. The van der Waals surface area contributed by atoms with Gasteiger partial charge in [0.1, 0.15) is 0 Å². The van der Waals surface area contributed by atoms with Gasteiger partial charge in [-0.15, -0.1) is 9.86 Å². The summed E-state index contributed by atoms with van der Waals surface area (Å²) >= 11 is 0. The number of aryl methyl sites for hydroxylation is 2. The molecule has 12 nitrogen and oxygen atoms in total. The lowest BCUT2D eigenvalue weighted by Crippen LogP contribution is -2.26. The van der Waals surface area contributed by atoms with E-state index in [9.17, 15) is 14.2 Å². The summed E-state index contributed by atoms with van der Waals surface area (Å²) in [6.45, 7) is -0.683. The predicted molar refractivity (Wildman–Crippen MR) is 137 cm³/mol. The van der Waals surface area contributed by atoms with Crippen molar-refractivity contribution >= 4 is 25.6 Å². The zero-order valence-corrected chi connectivity index (χ0v) is 21.6. The lowest BCUT2D eigenvalue weighted by Gasteiger charge is -2.07. The summed E-state index contributed by atoms with van der Waals surface area (Å²) in [5.74, 6) is -1.64. The molecule has 4 N–H and O–H groups in total.